The van der Waals surface area contributed by atoms with Crippen LogP contribution in [0, 0.1) is 0 Å². The predicted molar refractivity (Wildman–Crippen MR) is 278 cm³/mol. The molecular weight excluding hydrogens is 843 g/mol. The first kappa shape index (κ1) is 38.0. The van der Waals surface area contributed by atoms with Crippen molar-refractivity contribution in [1.29, 1.82) is 0 Å². The Bertz CT molecular complexity index is 4210. The molecule has 5 heteroatoms. The topological polar surface area (TPSA) is 65.0 Å². The van der Waals surface area contributed by atoms with E-state index in [4.69, 9.17) is 23.8 Å². The van der Waals surface area contributed by atoms with E-state index in [0.717, 1.165) is 77.3 Å². The van der Waals surface area contributed by atoms with Gasteiger partial charge < -0.3 is 8.83 Å². The van der Waals surface area contributed by atoms with E-state index >= 15 is 0 Å². The fourth-order valence-corrected chi connectivity index (χ4v) is 11.6. The first-order valence-corrected chi connectivity index (χ1v) is 23.4. The van der Waals surface area contributed by atoms with Crippen LogP contribution in [0.25, 0.3) is 123 Å². The van der Waals surface area contributed by atoms with E-state index in [0.29, 0.717) is 17.5 Å². The van der Waals surface area contributed by atoms with Gasteiger partial charge in [0.15, 0.2) is 17.5 Å². The Hall–Kier alpha value is -9.19. The molecule has 3 heterocycles. The molecule has 0 N–H and O–H groups in total. The minimum absolute atomic E-state index is 0.402. The van der Waals surface area contributed by atoms with Crippen LogP contribution in [0.1, 0.15) is 22.3 Å². The third-order valence-corrected chi connectivity index (χ3v) is 14.6. The Morgan fingerprint density at radius 1 is 0.261 bits per heavy atom. The van der Waals surface area contributed by atoms with Crippen molar-refractivity contribution in [2.45, 2.75) is 5.41 Å². The number of aromatic nitrogens is 3. The van der Waals surface area contributed by atoms with Crippen LogP contribution in [-0.2, 0) is 5.41 Å². The Morgan fingerprint density at radius 2 is 0.725 bits per heavy atom. The van der Waals surface area contributed by atoms with Crippen molar-refractivity contribution >= 4 is 43.9 Å². The molecule has 0 unspecified atom stereocenters. The van der Waals surface area contributed by atoms with Crippen LogP contribution in [-0.4, -0.2) is 15.0 Å². The standard InChI is InChI=1S/C64H37N3O2/c1-2-14-38(15-3-1)61-65-62(43-30-33-57-50(36-43)48-21-7-11-26-56(48)68-57)67-63(66-61)49-22-13-27-59-60(49)51-35-41(29-32-58(51)69-59)39-16-12-17-40(34-39)42-28-31-47-46-20-6-10-25-54(46)64(55(47)37-42)52-23-8-4-18-44(52)45-19-5-9-24-53(45)64/h1-37H. The summed E-state index contributed by atoms with van der Waals surface area (Å²) >= 11 is 0. The number of nitrogens with zero attached hydrogens (tertiary/aromatic N) is 3. The van der Waals surface area contributed by atoms with E-state index in [-0.39, 0.29) is 0 Å². The van der Waals surface area contributed by atoms with Gasteiger partial charge in [-0.15, -0.1) is 0 Å². The molecule has 10 aromatic carbocycles. The zero-order valence-corrected chi connectivity index (χ0v) is 37.0. The van der Waals surface area contributed by atoms with Crippen LogP contribution in [0.2, 0.25) is 0 Å². The van der Waals surface area contributed by atoms with Crippen LogP contribution >= 0.6 is 0 Å². The van der Waals surface area contributed by atoms with Gasteiger partial charge in [-0.05, 0) is 121 Å². The molecular formula is C64H37N3O2. The zero-order valence-electron chi connectivity index (χ0n) is 37.0. The Balaban J connectivity index is 0.864. The van der Waals surface area contributed by atoms with E-state index in [9.17, 15) is 0 Å². The van der Waals surface area contributed by atoms with Crippen molar-refractivity contribution in [2.24, 2.45) is 0 Å². The van der Waals surface area contributed by atoms with Gasteiger partial charge in [0.05, 0.1) is 5.41 Å². The average Bonchev–Trinajstić information content (AvgIpc) is 4.16. The van der Waals surface area contributed by atoms with Gasteiger partial charge >= 0.3 is 0 Å². The molecule has 0 radical (unpaired) electrons. The van der Waals surface area contributed by atoms with E-state index in [1.54, 1.807) is 0 Å². The maximum absolute atomic E-state index is 6.59. The first-order valence-electron chi connectivity index (χ1n) is 23.4. The summed E-state index contributed by atoms with van der Waals surface area (Å²) in [7, 11) is 0. The summed E-state index contributed by atoms with van der Waals surface area (Å²) in [4.78, 5) is 15.5. The molecule has 15 rings (SSSR count). The molecule has 0 aliphatic heterocycles. The summed E-state index contributed by atoms with van der Waals surface area (Å²) in [5.41, 5.74) is 20.6. The van der Waals surface area contributed by atoms with Crippen molar-refractivity contribution in [1.82, 2.24) is 15.0 Å². The quantitative estimate of drug-likeness (QED) is 0.172. The maximum atomic E-state index is 6.59. The van der Waals surface area contributed by atoms with Crippen molar-refractivity contribution in [3.63, 3.8) is 0 Å². The van der Waals surface area contributed by atoms with Gasteiger partial charge in [0.25, 0.3) is 0 Å². The number of fused-ring (bicyclic) bond motifs is 16. The first-order chi connectivity index (χ1) is 34.2. The number of hydrogen-bond donors (Lipinski definition) is 0. The molecule has 2 aliphatic carbocycles. The van der Waals surface area contributed by atoms with Gasteiger partial charge in [-0.2, -0.15) is 0 Å². The SMILES string of the molecule is c1ccc(-c2nc(-c3ccc4oc5ccccc5c4c3)nc(-c3cccc4oc5ccc(-c6cccc(-c7ccc8c(c7)C7(c9ccccc9-c9ccccc97)c7ccccc7-8)c6)cc5c34)n2)cc1. The molecule has 320 valence electrons. The molecule has 0 atom stereocenters. The molecule has 0 fully saturated rings. The molecule has 3 aromatic heterocycles. The Labute approximate surface area is 396 Å². The Morgan fingerprint density at radius 3 is 1.46 bits per heavy atom. The van der Waals surface area contributed by atoms with Gasteiger partial charge in [0.2, 0.25) is 0 Å². The molecule has 1 spiro atoms. The highest BCUT2D eigenvalue weighted by Crippen LogP contribution is 2.63. The van der Waals surface area contributed by atoms with E-state index in [2.05, 4.69) is 152 Å². The smallest absolute Gasteiger partial charge is 0.164 e. The Kier molecular flexibility index (Phi) is 7.93. The minimum Gasteiger partial charge on any atom is -0.456 e. The number of para-hydroxylation sites is 1. The molecule has 0 saturated heterocycles. The number of hydrogen-bond acceptors (Lipinski definition) is 5. The van der Waals surface area contributed by atoms with Crippen molar-refractivity contribution in [2.75, 3.05) is 0 Å². The van der Waals surface area contributed by atoms with Crippen molar-refractivity contribution < 1.29 is 8.83 Å². The molecule has 0 bridgehead atoms. The van der Waals surface area contributed by atoms with E-state index < -0.39 is 5.41 Å². The third kappa shape index (κ3) is 5.50. The highest BCUT2D eigenvalue weighted by atomic mass is 16.3. The molecule has 2 aliphatic rings. The van der Waals surface area contributed by atoms with Gasteiger partial charge in [0, 0.05) is 38.2 Å². The summed E-state index contributed by atoms with van der Waals surface area (Å²) in [5, 5.41) is 4.02. The second-order valence-electron chi connectivity index (χ2n) is 18.2. The zero-order chi connectivity index (χ0) is 45.2. The minimum atomic E-state index is -0.402. The maximum Gasteiger partial charge on any atom is 0.164 e. The molecule has 0 saturated carbocycles. The number of benzene rings is 10. The normalized spacial score (nSPS) is 13.0. The third-order valence-electron chi connectivity index (χ3n) is 14.6. The fourth-order valence-electron chi connectivity index (χ4n) is 11.6. The highest BCUT2D eigenvalue weighted by molar-refractivity contribution is 6.13. The van der Waals surface area contributed by atoms with Crippen LogP contribution in [0.3, 0.4) is 0 Å². The van der Waals surface area contributed by atoms with Crippen molar-refractivity contribution in [3.8, 4) is 78.7 Å². The van der Waals surface area contributed by atoms with E-state index in [1.165, 1.54) is 50.1 Å². The van der Waals surface area contributed by atoms with Crippen molar-refractivity contribution in [3.05, 3.63) is 247 Å². The second-order valence-corrected chi connectivity index (χ2v) is 18.2. The van der Waals surface area contributed by atoms with Crippen LogP contribution in [0.15, 0.2) is 233 Å². The summed E-state index contributed by atoms with van der Waals surface area (Å²) in [6.07, 6.45) is 0. The predicted octanol–water partition coefficient (Wildman–Crippen LogP) is 16.3. The summed E-state index contributed by atoms with van der Waals surface area (Å²) in [6.45, 7) is 0. The van der Waals surface area contributed by atoms with Gasteiger partial charge in [0.1, 0.15) is 22.3 Å². The second kappa shape index (κ2) is 14.4. The fraction of sp³-hybridized carbons (Fsp3) is 0.0156. The molecule has 5 nitrogen and oxygen atoms in total. The largest absolute Gasteiger partial charge is 0.456 e. The number of furan rings is 2. The monoisotopic (exact) mass is 879 g/mol. The lowest BCUT2D eigenvalue weighted by molar-refractivity contribution is 0.668. The van der Waals surface area contributed by atoms with Gasteiger partial charge in [-0.3, -0.25) is 0 Å². The average molecular weight is 880 g/mol. The van der Waals surface area contributed by atoms with E-state index in [1.807, 2.05) is 72.8 Å². The van der Waals surface area contributed by atoms with Gasteiger partial charge in [-0.25, -0.2) is 15.0 Å². The summed E-state index contributed by atoms with van der Waals surface area (Å²) in [6, 6.07) is 80.0. The lowest BCUT2D eigenvalue weighted by Crippen LogP contribution is -2.25. The lowest BCUT2D eigenvalue weighted by Gasteiger charge is -2.30. The molecule has 69 heavy (non-hydrogen) atoms. The van der Waals surface area contributed by atoms with Crippen LogP contribution in [0.5, 0.6) is 0 Å². The summed E-state index contributed by atoms with van der Waals surface area (Å²) in [5.74, 6) is 1.74. The molecule has 13 aromatic rings. The highest BCUT2D eigenvalue weighted by Gasteiger charge is 2.51. The van der Waals surface area contributed by atoms with Gasteiger partial charge in [-0.1, -0.05) is 170 Å². The molecule has 0 amide bonds. The number of rotatable bonds is 5. The lowest BCUT2D eigenvalue weighted by atomic mass is 9.70. The summed E-state index contributed by atoms with van der Waals surface area (Å²) < 4.78 is 12.8. The van der Waals surface area contributed by atoms with Crippen LogP contribution in [0.4, 0.5) is 0 Å². The van der Waals surface area contributed by atoms with Crippen LogP contribution < -0.4 is 0 Å².